The lowest BCUT2D eigenvalue weighted by Gasteiger charge is -2.24. The molecule has 0 radical (unpaired) electrons. The Kier molecular flexibility index (Phi) is 4.03. The predicted octanol–water partition coefficient (Wildman–Crippen LogP) is 2.79. The summed E-state index contributed by atoms with van der Waals surface area (Å²) >= 11 is 7.50. The first-order chi connectivity index (χ1) is 7.25. The van der Waals surface area contributed by atoms with Crippen LogP contribution in [0.2, 0.25) is 4.34 Å². The Labute approximate surface area is 99.8 Å². The molecule has 0 aromatic carbocycles. The van der Waals surface area contributed by atoms with Crippen molar-refractivity contribution in [2.45, 2.75) is 25.3 Å². The van der Waals surface area contributed by atoms with Crippen LogP contribution in [-0.2, 0) is 0 Å². The maximum Gasteiger partial charge on any atom is 0.0931 e. The highest BCUT2D eigenvalue weighted by atomic mass is 35.5. The molecule has 0 amide bonds. The van der Waals surface area contributed by atoms with Gasteiger partial charge < -0.3 is 11.1 Å². The standard InChI is InChI=1S/C11H17ClN2S/c12-11-4-3-10(15-11)9(13)6-8-2-1-5-14-7-8/h3-4,8-9,14H,1-2,5-7,13H2. The van der Waals surface area contributed by atoms with Gasteiger partial charge in [-0.2, -0.15) is 0 Å². The smallest absolute Gasteiger partial charge is 0.0931 e. The van der Waals surface area contributed by atoms with E-state index in [1.54, 1.807) is 11.3 Å². The number of rotatable bonds is 3. The van der Waals surface area contributed by atoms with Gasteiger partial charge in [0.05, 0.1) is 4.34 Å². The van der Waals surface area contributed by atoms with Crippen molar-refractivity contribution < 1.29 is 0 Å². The number of nitrogens with one attached hydrogen (secondary N) is 1. The van der Waals surface area contributed by atoms with E-state index in [0.29, 0.717) is 0 Å². The summed E-state index contributed by atoms with van der Waals surface area (Å²) in [6.07, 6.45) is 3.66. The Bertz CT molecular complexity index is 307. The lowest BCUT2D eigenvalue weighted by atomic mass is 9.92. The van der Waals surface area contributed by atoms with Gasteiger partial charge in [-0.1, -0.05) is 11.6 Å². The van der Waals surface area contributed by atoms with E-state index in [9.17, 15) is 0 Å². The van der Waals surface area contributed by atoms with Crippen LogP contribution in [0.1, 0.15) is 30.2 Å². The maximum atomic E-state index is 6.16. The second kappa shape index (κ2) is 5.30. The van der Waals surface area contributed by atoms with Gasteiger partial charge in [0.1, 0.15) is 0 Å². The molecule has 1 aromatic heterocycles. The van der Waals surface area contributed by atoms with Crippen LogP contribution in [0.15, 0.2) is 12.1 Å². The third kappa shape index (κ3) is 3.18. The molecule has 15 heavy (non-hydrogen) atoms. The minimum Gasteiger partial charge on any atom is -0.323 e. The highest BCUT2D eigenvalue weighted by Crippen LogP contribution is 2.30. The Morgan fingerprint density at radius 2 is 2.47 bits per heavy atom. The molecule has 1 aliphatic rings. The van der Waals surface area contributed by atoms with Gasteiger partial charge in [0.25, 0.3) is 0 Å². The summed E-state index contributed by atoms with van der Waals surface area (Å²) < 4.78 is 0.835. The van der Waals surface area contributed by atoms with Crippen LogP contribution < -0.4 is 11.1 Å². The van der Waals surface area contributed by atoms with Crippen molar-refractivity contribution in [3.05, 3.63) is 21.3 Å². The van der Waals surface area contributed by atoms with E-state index in [4.69, 9.17) is 17.3 Å². The largest absolute Gasteiger partial charge is 0.323 e. The van der Waals surface area contributed by atoms with E-state index < -0.39 is 0 Å². The molecule has 2 heterocycles. The van der Waals surface area contributed by atoms with Crippen LogP contribution in [0.5, 0.6) is 0 Å². The number of nitrogens with two attached hydrogens (primary N) is 1. The number of hydrogen-bond acceptors (Lipinski definition) is 3. The fourth-order valence-electron chi connectivity index (χ4n) is 2.13. The molecule has 2 atom stereocenters. The average Bonchev–Trinajstić information content (AvgIpc) is 2.66. The SMILES string of the molecule is NC(CC1CCCNC1)c1ccc(Cl)s1. The van der Waals surface area contributed by atoms with E-state index in [-0.39, 0.29) is 6.04 Å². The van der Waals surface area contributed by atoms with Gasteiger partial charge in [0.2, 0.25) is 0 Å². The van der Waals surface area contributed by atoms with Gasteiger partial charge in [-0.3, -0.25) is 0 Å². The molecule has 0 spiro atoms. The van der Waals surface area contributed by atoms with Crippen LogP contribution in [0, 0.1) is 5.92 Å². The molecular weight excluding hydrogens is 228 g/mol. The van der Waals surface area contributed by atoms with Gasteiger partial charge in [-0.15, -0.1) is 11.3 Å². The topological polar surface area (TPSA) is 38.0 Å². The third-order valence-corrected chi connectivity index (χ3v) is 4.31. The summed E-state index contributed by atoms with van der Waals surface area (Å²) in [5.41, 5.74) is 6.16. The van der Waals surface area contributed by atoms with Crippen LogP contribution >= 0.6 is 22.9 Å². The summed E-state index contributed by atoms with van der Waals surface area (Å²) in [5, 5.41) is 3.42. The average molecular weight is 245 g/mol. The van der Waals surface area contributed by atoms with Crippen LogP contribution in [-0.4, -0.2) is 13.1 Å². The third-order valence-electron chi connectivity index (χ3n) is 2.95. The second-order valence-electron chi connectivity index (χ2n) is 4.20. The van der Waals surface area contributed by atoms with Crippen molar-refractivity contribution in [1.82, 2.24) is 5.32 Å². The normalized spacial score (nSPS) is 24.0. The molecule has 1 aliphatic heterocycles. The maximum absolute atomic E-state index is 6.16. The van der Waals surface area contributed by atoms with Gasteiger partial charge in [-0.05, 0) is 50.4 Å². The van der Waals surface area contributed by atoms with E-state index in [0.717, 1.165) is 29.8 Å². The van der Waals surface area contributed by atoms with E-state index in [1.165, 1.54) is 17.7 Å². The van der Waals surface area contributed by atoms with E-state index in [1.807, 2.05) is 12.1 Å². The van der Waals surface area contributed by atoms with Crippen molar-refractivity contribution >= 4 is 22.9 Å². The van der Waals surface area contributed by atoms with Gasteiger partial charge in [-0.25, -0.2) is 0 Å². The number of piperidine rings is 1. The Morgan fingerprint density at radius 3 is 3.07 bits per heavy atom. The van der Waals surface area contributed by atoms with Crippen molar-refractivity contribution in [3.63, 3.8) is 0 Å². The zero-order valence-corrected chi connectivity index (χ0v) is 10.3. The molecule has 0 bridgehead atoms. The van der Waals surface area contributed by atoms with Gasteiger partial charge in [0, 0.05) is 10.9 Å². The summed E-state index contributed by atoms with van der Waals surface area (Å²) in [7, 11) is 0. The van der Waals surface area contributed by atoms with Crippen molar-refractivity contribution in [2.24, 2.45) is 11.7 Å². The zero-order chi connectivity index (χ0) is 10.7. The first-order valence-electron chi connectivity index (χ1n) is 5.47. The molecule has 4 heteroatoms. The molecule has 0 aliphatic carbocycles. The molecule has 2 nitrogen and oxygen atoms in total. The number of hydrogen-bond donors (Lipinski definition) is 2. The van der Waals surface area contributed by atoms with Crippen molar-refractivity contribution in [1.29, 1.82) is 0 Å². The monoisotopic (exact) mass is 244 g/mol. The summed E-state index contributed by atoms with van der Waals surface area (Å²) in [4.78, 5) is 1.21. The number of halogens is 1. The molecule has 2 unspecified atom stereocenters. The lowest BCUT2D eigenvalue weighted by Crippen LogP contribution is -2.31. The Hall–Kier alpha value is -0.0900. The van der Waals surface area contributed by atoms with Gasteiger partial charge in [0.15, 0.2) is 0 Å². The number of thiophene rings is 1. The Morgan fingerprint density at radius 1 is 1.60 bits per heavy atom. The van der Waals surface area contributed by atoms with Crippen molar-refractivity contribution in [3.8, 4) is 0 Å². The first-order valence-corrected chi connectivity index (χ1v) is 6.66. The highest BCUT2D eigenvalue weighted by Gasteiger charge is 2.18. The van der Waals surface area contributed by atoms with E-state index in [2.05, 4.69) is 5.32 Å². The summed E-state index contributed by atoms with van der Waals surface area (Å²) in [6.45, 7) is 2.28. The molecule has 0 saturated carbocycles. The molecule has 1 aromatic rings. The summed E-state index contributed by atoms with van der Waals surface area (Å²) in [6, 6.07) is 4.14. The highest BCUT2D eigenvalue weighted by molar-refractivity contribution is 7.16. The predicted molar refractivity (Wildman–Crippen MR) is 66.5 cm³/mol. The van der Waals surface area contributed by atoms with E-state index >= 15 is 0 Å². The lowest BCUT2D eigenvalue weighted by molar-refractivity contribution is 0.338. The molecule has 1 fully saturated rings. The minimum absolute atomic E-state index is 0.160. The van der Waals surface area contributed by atoms with Gasteiger partial charge >= 0.3 is 0 Å². The zero-order valence-electron chi connectivity index (χ0n) is 8.71. The molecular formula is C11H17ClN2S. The van der Waals surface area contributed by atoms with Crippen LogP contribution in [0.4, 0.5) is 0 Å². The Balaban J connectivity index is 1.88. The van der Waals surface area contributed by atoms with Crippen molar-refractivity contribution in [2.75, 3.05) is 13.1 Å². The quantitative estimate of drug-likeness (QED) is 0.858. The molecule has 3 N–H and O–H groups in total. The van der Waals surface area contributed by atoms with Crippen LogP contribution in [0.3, 0.4) is 0 Å². The minimum atomic E-state index is 0.160. The fourth-order valence-corrected chi connectivity index (χ4v) is 3.20. The second-order valence-corrected chi connectivity index (χ2v) is 5.94. The first kappa shape index (κ1) is 11.4. The molecule has 2 rings (SSSR count). The fraction of sp³-hybridized carbons (Fsp3) is 0.636. The summed E-state index contributed by atoms with van der Waals surface area (Å²) in [5.74, 6) is 0.731. The van der Waals surface area contributed by atoms with Crippen LogP contribution in [0.25, 0.3) is 0 Å². The molecule has 84 valence electrons. The molecule has 1 saturated heterocycles.